The van der Waals surface area contributed by atoms with Crippen molar-refractivity contribution in [2.75, 3.05) is 7.11 Å². The number of halogens is 1. The molecule has 0 bridgehead atoms. The van der Waals surface area contributed by atoms with E-state index in [1.807, 2.05) is 24.3 Å². The van der Waals surface area contributed by atoms with Crippen molar-refractivity contribution in [3.05, 3.63) is 28.7 Å². The van der Waals surface area contributed by atoms with Crippen LogP contribution in [0.1, 0.15) is 19.3 Å². The van der Waals surface area contributed by atoms with Crippen molar-refractivity contribution < 1.29 is 4.74 Å². The summed E-state index contributed by atoms with van der Waals surface area (Å²) < 4.78 is 6.02. The lowest BCUT2D eigenvalue weighted by Gasteiger charge is -1.96. The van der Waals surface area contributed by atoms with Gasteiger partial charge in [0.05, 0.1) is 7.11 Å². The van der Waals surface area contributed by atoms with Crippen LogP contribution >= 0.6 is 15.9 Å². The molecule has 0 spiro atoms. The van der Waals surface area contributed by atoms with Gasteiger partial charge in [-0.25, -0.2) is 0 Å². The number of rotatable bonds is 1. The molecule has 0 aliphatic heterocycles. The lowest BCUT2D eigenvalue weighted by molar-refractivity contribution is 0.414. The maximum Gasteiger partial charge on any atom is 0.118 e. The van der Waals surface area contributed by atoms with Gasteiger partial charge in [-0.05, 0) is 24.3 Å². The first-order valence-corrected chi connectivity index (χ1v) is 4.92. The predicted octanol–water partition coefficient (Wildman–Crippen LogP) is 3.63. The third-order valence-electron chi connectivity index (χ3n) is 1.40. The summed E-state index contributed by atoms with van der Waals surface area (Å²) in [6.07, 6.45) is 4.50. The predicted molar refractivity (Wildman–Crippen MR) is 54.5 cm³/mol. The van der Waals surface area contributed by atoms with Gasteiger partial charge in [-0.1, -0.05) is 35.2 Å². The lowest BCUT2D eigenvalue weighted by Crippen LogP contribution is -1.79. The van der Waals surface area contributed by atoms with E-state index in [1.54, 1.807) is 7.11 Å². The molecule has 0 saturated heterocycles. The third kappa shape index (κ3) is 4.39. The van der Waals surface area contributed by atoms with Crippen LogP contribution in [0.15, 0.2) is 28.7 Å². The molecular formula is C10H13BrO. The molecule has 0 heterocycles. The average molecular weight is 229 g/mol. The molecule has 12 heavy (non-hydrogen) atoms. The van der Waals surface area contributed by atoms with Gasteiger partial charge in [0.25, 0.3) is 0 Å². The van der Waals surface area contributed by atoms with E-state index in [4.69, 9.17) is 4.74 Å². The number of ether oxygens (including phenoxy) is 1. The molecule has 1 aromatic carbocycles. The second-order valence-corrected chi connectivity index (χ2v) is 3.63. The molecule has 66 valence electrons. The van der Waals surface area contributed by atoms with Crippen molar-refractivity contribution in [1.29, 1.82) is 0 Å². The molecule has 1 nitrogen and oxygen atoms in total. The van der Waals surface area contributed by atoms with Crippen molar-refractivity contribution in [3.63, 3.8) is 0 Å². The Morgan fingerprint density at radius 2 is 1.58 bits per heavy atom. The Balaban J connectivity index is 0.000000200. The van der Waals surface area contributed by atoms with E-state index >= 15 is 0 Å². The van der Waals surface area contributed by atoms with E-state index in [-0.39, 0.29) is 0 Å². The summed E-state index contributed by atoms with van der Waals surface area (Å²) in [5, 5.41) is 0. The number of methoxy groups -OCH3 is 1. The summed E-state index contributed by atoms with van der Waals surface area (Å²) in [5.74, 6) is 0.887. The van der Waals surface area contributed by atoms with E-state index in [0.29, 0.717) is 0 Å². The average Bonchev–Trinajstić information content (AvgIpc) is 2.92. The topological polar surface area (TPSA) is 9.23 Å². The standard InChI is InChI=1S/C7H7BrO.C3H6/c1-9-7-4-2-6(8)3-5-7;1-2-3-1/h2-5H,1H3;1-3H2. The normalized spacial score (nSPS) is 12.8. The minimum Gasteiger partial charge on any atom is -0.497 e. The maximum atomic E-state index is 4.95. The minimum absolute atomic E-state index is 0.887. The first-order chi connectivity index (χ1) is 5.83. The fourth-order valence-electron chi connectivity index (χ4n) is 0.571. The number of hydrogen-bond acceptors (Lipinski definition) is 1. The van der Waals surface area contributed by atoms with E-state index in [9.17, 15) is 0 Å². The largest absolute Gasteiger partial charge is 0.497 e. The third-order valence-corrected chi connectivity index (χ3v) is 1.93. The number of hydrogen-bond donors (Lipinski definition) is 0. The zero-order chi connectivity index (χ0) is 8.81. The Morgan fingerprint density at radius 1 is 1.08 bits per heavy atom. The Morgan fingerprint density at radius 3 is 1.92 bits per heavy atom. The van der Waals surface area contributed by atoms with E-state index in [0.717, 1.165) is 10.2 Å². The van der Waals surface area contributed by atoms with Gasteiger partial charge in [0.15, 0.2) is 0 Å². The van der Waals surface area contributed by atoms with Crippen LogP contribution < -0.4 is 4.74 Å². The van der Waals surface area contributed by atoms with Crippen LogP contribution in [0.3, 0.4) is 0 Å². The first-order valence-electron chi connectivity index (χ1n) is 4.12. The molecule has 0 unspecified atom stereocenters. The van der Waals surface area contributed by atoms with Gasteiger partial charge in [-0.2, -0.15) is 0 Å². The molecule has 1 aliphatic rings. The molecule has 2 rings (SSSR count). The van der Waals surface area contributed by atoms with Gasteiger partial charge in [0, 0.05) is 4.47 Å². The summed E-state index contributed by atoms with van der Waals surface area (Å²) in [4.78, 5) is 0. The van der Waals surface area contributed by atoms with Crippen LogP contribution in [0.4, 0.5) is 0 Å². The quantitative estimate of drug-likeness (QED) is 0.714. The van der Waals surface area contributed by atoms with Crippen molar-refractivity contribution in [3.8, 4) is 5.75 Å². The highest BCUT2D eigenvalue weighted by Gasteiger charge is 1.95. The Labute approximate surface area is 81.9 Å². The van der Waals surface area contributed by atoms with Crippen LogP contribution in [0.2, 0.25) is 0 Å². The molecule has 0 radical (unpaired) electrons. The van der Waals surface area contributed by atoms with E-state index in [2.05, 4.69) is 15.9 Å². The Bertz CT molecular complexity index is 213. The lowest BCUT2D eigenvalue weighted by atomic mass is 10.3. The second-order valence-electron chi connectivity index (χ2n) is 2.72. The van der Waals surface area contributed by atoms with Crippen molar-refractivity contribution >= 4 is 15.9 Å². The second kappa shape index (κ2) is 5.20. The highest BCUT2D eigenvalue weighted by atomic mass is 79.9. The minimum atomic E-state index is 0.887. The Kier molecular flexibility index (Phi) is 4.15. The van der Waals surface area contributed by atoms with Gasteiger partial charge in [-0.3, -0.25) is 0 Å². The summed E-state index contributed by atoms with van der Waals surface area (Å²) in [6, 6.07) is 7.70. The van der Waals surface area contributed by atoms with Crippen LogP contribution in [0.5, 0.6) is 5.75 Å². The highest BCUT2D eigenvalue weighted by Crippen LogP contribution is 2.15. The molecule has 1 fully saturated rings. The van der Waals surface area contributed by atoms with Crippen LogP contribution in [0.25, 0.3) is 0 Å². The summed E-state index contributed by atoms with van der Waals surface area (Å²) in [6.45, 7) is 0. The summed E-state index contributed by atoms with van der Waals surface area (Å²) >= 11 is 3.32. The number of benzene rings is 1. The fourth-order valence-corrected chi connectivity index (χ4v) is 0.835. The van der Waals surface area contributed by atoms with Gasteiger partial charge in [0.2, 0.25) is 0 Å². The monoisotopic (exact) mass is 228 g/mol. The SMILES string of the molecule is C1CC1.COc1ccc(Br)cc1. The molecule has 0 atom stereocenters. The highest BCUT2D eigenvalue weighted by molar-refractivity contribution is 9.10. The van der Waals surface area contributed by atoms with Crippen LogP contribution in [-0.2, 0) is 0 Å². The Hall–Kier alpha value is -0.500. The van der Waals surface area contributed by atoms with Gasteiger partial charge < -0.3 is 4.74 Å². The fraction of sp³-hybridized carbons (Fsp3) is 0.400. The summed E-state index contributed by atoms with van der Waals surface area (Å²) in [5.41, 5.74) is 0. The van der Waals surface area contributed by atoms with Gasteiger partial charge in [0.1, 0.15) is 5.75 Å². The van der Waals surface area contributed by atoms with Crippen LogP contribution in [0, 0.1) is 0 Å². The van der Waals surface area contributed by atoms with E-state index in [1.165, 1.54) is 19.3 Å². The molecule has 1 aromatic rings. The van der Waals surface area contributed by atoms with Crippen LogP contribution in [-0.4, -0.2) is 7.11 Å². The maximum absolute atomic E-state index is 4.95. The molecular weight excluding hydrogens is 216 g/mol. The summed E-state index contributed by atoms with van der Waals surface area (Å²) in [7, 11) is 1.66. The molecule has 1 saturated carbocycles. The van der Waals surface area contributed by atoms with Crippen molar-refractivity contribution in [1.82, 2.24) is 0 Å². The molecule has 0 N–H and O–H groups in total. The van der Waals surface area contributed by atoms with Gasteiger partial charge >= 0.3 is 0 Å². The van der Waals surface area contributed by atoms with Crippen molar-refractivity contribution in [2.45, 2.75) is 19.3 Å². The smallest absolute Gasteiger partial charge is 0.118 e. The zero-order valence-electron chi connectivity index (χ0n) is 7.22. The zero-order valence-corrected chi connectivity index (χ0v) is 8.80. The van der Waals surface area contributed by atoms with Crippen molar-refractivity contribution in [2.24, 2.45) is 0 Å². The first kappa shape index (κ1) is 9.59. The molecule has 0 aromatic heterocycles. The molecule has 2 heteroatoms. The molecule has 0 amide bonds. The molecule has 1 aliphatic carbocycles. The van der Waals surface area contributed by atoms with E-state index < -0.39 is 0 Å². The van der Waals surface area contributed by atoms with Gasteiger partial charge in [-0.15, -0.1) is 0 Å².